The van der Waals surface area contributed by atoms with Crippen LogP contribution < -0.4 is 26.0 Å². The molecule has 7 rings (SSSR count). The molecule has 0 saturated carbocycles. The number of hydrogen-bond acceptors (Lipinski definition) is 14. The van der Waals surface area contributed by atoms with Crippen LogP contribution >= 0.6 is 11.6 Å². The minimum atomic E-state index is -1.04. The van der Waals surface area contributed by atoms with Crippen LogP contribution in [0.15, 0.2) is 67.0 Å². The minimum absolute atomic E-state index is 0.0247. The van der Waals surface area contributed by atoms with Gasteiger partial charge < -0.3 is 30.2 Å². The number of methoxy groups -OCH3 is 1. The number of nitrogens with one attached hydrogen (secondary N) is 4. The third kappa shape index (κ3) is 11.2. The number of halogens is 2. The maximum absolute atomic E-state index is 13.7. The Hall–Kier alpha value is -6.34. The van der Waals surface area contributed by atoms with Crippen molar-refractivity contribution in [2.24, 2.45) is 0 Å². The van der Waals surface area contributed by atoms with Gasteiger partial charge in [0.05, 0.1) is 55.2 Å². The number of piperidine rings is 2. The second kappa shape index (κ2) is 21.4. The van der Waals surface area contributed by atoms with Crippen molar-refractivity contribution in [3.63, 3.8) is 0 Å². The van der Waals surface area contributed by atoms with E-state index in [1.807, 2.05) is 12.1 Å². The number of imide groups is 2. The van der Waals surface area contributed by atoms with E-state index >= 15 is 0 Å². The van der Waals surface area contributed by atoms with Crippen LogP contribution in [0.1, 0.15) is 58.4 Å². The second-order valence-corrected chi connectivity index (χ2v) is 15.8. The van der Waals surface area contributed by atoms with Gasteiger partial charge in [0.2, 0.25) is 17.7 Å². The van der Waals surface area contributed by atoms with E-state index in [2.05, 4.69) is 36.1 Å². The lowest BCUT2D eigenvalue weighted by molar-refractivity contribution is -0.136. The molecule has 2 fully saturated rings. The van der Waals surface area contributed by atoms with Crippen LogP contribution in [0, 0.1) is 5.82 Å². The Bertz CT molecular complexity index is 2460. The summed E-state index contributed by atoms with van der Waals surface area (Å²) in [6.07, 6.45) is 6.82. The number of ether oxygens (including phenoxy) is 3. The Morgan fingerprint density at radius 2 is 1.77 bits per heavy atom. The average Bonchev–Trinajstić information content (AvgIpc) is 3.53. The number of ketones is 1. The molecule has 4 N–H and O–H groups in total. The van der Waals surface area contributed by atoms with Gasteiger partial charge in [-0.3, -0.25) is 43.9 Å². The highest BCUT2D eigenvalue weighted by molar-refractivity contribution is 6.31. The number of fused-ring (bicyclic) bond motifs is 2. The molecule has 5 amide bonds. The number of carbonyl (C=O) groups is 6. The molecule has 1 atom stereocenters. The number of anilines is 3. The van der Waals surface area contributed by atoms with Crippen molar-refractivity contribution in [2.45, 2.75) is 50.6 Å². The van der Waals surface area contributed by atoms with E-state index in [0.717, 1.165) is 30.8 Å². The first-order valence-corrected chi connectivity index (χ1v) is 21.4. The molecule has 3 aliphatic rings. The number of aromatic nitrogens is 2. The van der Waals surface area contributed by atoms with Gasteiger partial charge in [-0.1, -0.05) is 23.7 Å². The molecule has 17 nitrogen and oxygen atoms in total. The van der Waals surface area contributed by atoms with Gasteiger partial charge in [0.15, 0.2) is 5.78 Å². The lowest BCUT2D eigenvalue weighted by Crippen LogP contribution is -2.54. The van der Waals surface area contributed by atoms with Gasteiger partial charge in [-0.25, -0.2) is 14.4 Å². The first-order chi connectivity index (χ1) is 31.0. The molecule has 1 unspecified atom stereocenters. The molecule has 0 aliphatic carbocycles. The largest absolute Gasteiger partial charge is 0.496 e. The smallest absolute Gasteiger partial charge is 0.264 e. The van der Waals surface area contributed by atoms with Crippen molar-refractivity contribution < 1.29 is 47.4 Å². The van der Waals surface area contributed by atoms with Crippen LogP contribution in [-0.2, 0) is 35.1 Å². The van der Waals surface area contributed by atoms with Crippen LogP contribution in [0.5, 0.6) is 5.75 Å². The molecular weight excluding hydrogens is 851 g/mol. The number of hydrogen-bond donors (Lipinski definition) is 4. The SMILES string of the molecule is COc1cc2ncnc(Nc3ccc(F)c(Cl)c3)c2cc1CC(=O)/C=C/CN1CCC(NC(=O)CCOCCOCCNc2cccc3c2C(=O)N(C2CCC(=O)NC2=O)C3=O)CC1. The summed E-state index contributed by atoms with van der Waals surface area (Å²) in [5, 5.41) is 12.2. The summed E-state index contributed by atoms with van der Waals surface area (Å²) >= 11 is 5.96. The van der Waals surface area contributed by atoms with E-state index in [1.54, 1.807) is 30.3 Å². The topological polar surface area (TPSA) is 210 Å². The third-order valence-electron chi connectivity index (χ3n) is 11.1. The van der Waals surface area contributed by atoms with Crippen LogP contribution in [-0.4, -0.2) is 127 Å². The van der Waals surface area contributed by atoms with E-state index in [1.165, 1.54) is 31.6 Å². The molecule has 0 bridgehead atoms. The van der Waals surface area contributed by atoms with E-state index in [4.69, 9.17) is 25.8 Å². The van der Waals surface area contributed by atoms with E-state index in [-0.39, 0.29) is 86.0 Å². The van der Waals surface area contributed by atoms with Crippen molar-refractivity contribution in [3.05, 3.63) is 94.5 Å². The average molecular weight is 899 g/mol. The number of likely N-dealkylation sites (tertiary alicyclic amines) is 1. The normalized spacial score (nSPS) is 16.9. The van der Waals surface area contributed by atoms with Gasteiger partial charge in [-0.05, 0) is 61.7 Å². The molecule has 336 valence electrons. The fraction of sp³-hybridized carbons (Fsp3) is 0.378. The number of benzene rings is 3. The lowest BCUT2D eigenvalue weighted by Gasteiger charge is -2.31. The summed E-state index contributed by atoms with van der Waals surface area (Å²) < 4.78 is 30.5. The summed E-state index contributed by atoms with van der Waals surface area (Å²) in [5.74, 6) is -1.99. The van der Waals surface area contributed by atoms with Crippen molar-refractivity contribution in [1.29, 1.82) is 0 Å². The van der Waals surface area contributed by atoms with Gasteiger partial charge in [0.25, 0.3) is 11.8 Å². The van der Waals surface area contributed by atoms with Gasteiger partial charge >= 0.3 is 0 Å². The molecule has 64 heavy (non-hydrogen) atoms. The molecule has 2 saturated heterocycles. The van der Waals surface area contributed by atoms with E-state index < -0.39 is 35.5 Å². The fourth-order valence-corrected chi connectivity index (χ4v) is 7.99. The van der Waals surface area contributed by atoms with Gasteiger partial charge in [0, 0.05) is 79.9 Å². The maximum atomic E-state index is 13.7. The Labute approximate surface area is 373 Å². The number of rotatable bonds is 20. The van der Waals surface area contributed by atoms with Crippen LogP contribution in [0.25, 0.3) is 10.9 Å². The lowest BCUT2D eigenvalue weighted by atomic mass is 10.0. The summed E-state index contributed by atoms with van der Waals surface area (Å²) in [5.41, 5.74) is 2.63. The minimum Gasteiger partial charge on any atom is -0.496 e. The number of carbonyl (C=O) groups excluding carboxylic acids is 6. The summed E-state index contributed by atoms with van der Waals surface area (Å²) in [7, 11) is 1.53. The predicted molar refractivity (Wildman–Crippen MR) is 234 cm³/mol. The monoisotopic (exact) mass is 898 g/mol. The standard InChI is InChI=1S/C45H48ClFN8O9/c1-62-38-25-36-32(42(50-26-49-36)52-29-7-8-34(47)33(46)24-29)23-27(38)22-30(56)4-3-15-54-16-11-28(12-17-54)51-40(58)13-18-63-20-21-64-19-14-48-35-6-2-5-31-41(35)45(61)55(44(31)60)37-9-10-39(57)53-43(37)59/h2-8,23-26,28,37,48H,9-22H2,1H3,(H,51,58)(H,49,50,52)(H,53,57,59)/b4-3+. The van der Waals surface area contributed by atoms with Crippen molar-refractivity contribution in [3.8, 4) is 5.75 Å². The molecule has 4 heterocycles. The molecule has 1 aromatic heterocycles. The highest BCUT2D eigenvalue weighted by Gasteiger charge is 2.45. The van der Waals surface area contributed by atoms with Crippen LogP contribution in [0.3, 0.4) is 0 Å². The van der Waals surface area contributed by atoms with Crippen LogP contribution in [0.4, 0.5) is 21.6 Å². The Morgan fingerprint density at radius 3 is 2.53 bits per heavy atom. The zero-order chi connectivity index (χ0) is 45.2. The predicted octanol–water partition coefficient (Wildman–Crippen LogP) is 4.36. The third-order valence-corrected chi connectivity index (χ3v) is 11.4. The summed E-state index contributed by atoms with van der Waals surface area (Å²) in [4.78, 5) is 87.7. The highest BCUT2D eigenvalue weighted by atomic mass is 35.5. The van der Waals surface area contributed by atoms with E-state index in [0.29, 0.717) is 52.5 Å². The van der Waals surface area contributed by atoms with Gasteiger partial charge in [0.1, 0.15) is 29.8 Å². The van der Waals surface area contributed by atoms with E-state index in [9.17, 15) is 33.2 Å². The van der Waals surface area contributed by atoms with Crippen molar-refractivity contribution >= 4 is 75.0 Å². The van der Waals surface area contributed by atoms with Crippen LogP contribution in [0.2, 0.25) is 5.02 Å². The zero-order valence-corrected chi connectivity index (χ0v) is 35.9. The molecular formula is C45H48ClFN8O9. The molecule has 3 aromatic carbocycles. The maximum Gasteiger partial charge on any atom is 0.264 e. The molecule has 19 heteroatoms. The second-order valence-electron chi connectivity index (χ2n) is 15.4. The summed E-state index contributed by atoms with van der Waals surface area (Å²) in [6.45, 7) is 3.56. The van der Waals surface area contributed by atoms with Crippen molar-refractivity contribution in [1.82, 2.24) is 30.4 Å². The highest BCUT2D eigenvalue weighted by Crippen LogP contribution is 2.33. The fourth-order valence-electron chi connectivity index (χ4n) is 7.81. The Kier molecular flexibility index (Phi) is 15.2. The van der Waals surface area contributed by atoms with Gasteiger partial charge in [-0.2, -0.15) is 0 Å². The molecule has 0 spiro atoms. The van der Waals surface area contributed by atoms with Gasteiger partial charge in [-0.15, -0.1) is 0 Å². The number of nitrogens with zero attached hydrogens (tertiary/aromatic N) is 4. The molecule has 3 aliphatic heterocycles. The first kappa shape index (κ1) is 45.7. The zero-order valence-electron chi connectivity index (χ0n) is 35.1. The molecule has 0 radical (unpaired) electrons. The van der Waals surface area contributed by atoms with Crippen molar-refractivity contribution in [2.75, 3.05) is 70.3 Å². The number of allylic oxidation sites excluding steroid dienone is 1. The summed E-state index contributed by atoms with van der Waals surface area (Å²) in [6, 6.07) is 11.7. The molecule has 4 aromatic rings. The number of amides is 5. The quantitative estimate of drug-likeness (QED) is 0.0552. The Balaban J connectivity index is 0.755. The Morgan fingerprint density at radius 1 is 0.969 bits per heavy atom. The first-order valence-electron chi connectivity index (χ1n) is 21.0.